The van der Waals surface area contributed by atoms with Crippen molar-refractivity contribution in [3.8, 4) is 0 Å². The van der Waals surface area contributed by atoms with Crippen LogP contribution in [0.1, 0.15) is 18.4 Å². The van der Waals surface area contributed by atoms with Crippen LogP contribution in [0.5, 0.6) is 0 Å². The zero-order chi connectivity index (χ0) is 15.4. The van der Waals surface area contributed by atoms with Crippen LogP contribution in [0.4, 0.5) is 5.69 Å². The molecule has 1 aliphatic carbocycles. The Hall–Kier alpha value is -2.10. The van der Waals surface area contributed by atoms with Crippen molar-refractivity contribution in [3.63, 3.8) is 0 Å². The van der Waals surface area contributed by atoms with Crippen LogP contribution >= 0.6 is 0 Å². The number of allylic oxidation sites excluding steroid dienone is 2. The molecule has 21 heavy (non-hydrogen) atoms. The zero-order valence-electron chi connectivity index (χ0n) is 12.8. The fourth-order valence-electron chi connectivity index (χ4n) is 2.58. The Bertz CT molecular complexity index is 546. The van der Waals surface area contributed by atoms with Gasteiger partial charge in [-0.05, 0) is 31.9 Å². The molecule has 2 amide bonds. The normalized spacial score (nSPS) is 20.9. The molecule has 0 aliphatic heterocycles. The second-order valence-electron chi connectivity index (χ2n) is 5.74. The average molecular weight is 286 g/mol. The molecule has 0 aromatic heterocycles. The number of benzene rings is 1. The van der Waals surface area contributed by atoms with Gasteiger partial charge in [-0.1, -0.05) is 29.8 Å². The summed E-state index contributed by atoms with van der Waals surface area (Å²) in [6, 6.07) is 7.68. The van der Waals surface area contributed by atoms with Crippen LogP contribution in [-0.4, -0.2) is 30.8 Å². The van der Waals surface area contributed by atoms with E-state index in [1.807, 2.05) is 43.3 Å². The van der Waals surface area contributed by atoms with E-state index in [9.17, 15) is 9.59 Å². The van der Waals surface area contributed by atoms with Crippen LogP contribution in [0.25, 0.3) is 0 Å². The first-order valence-corrected chi connectivity index (χ1v) is 7.22. The molecule has 0 radical (unpaired) electrons. The molecular formula is C17H22N2O2. The lowest BCUT2D eigenvalue weighted by atomic mass is 9.81. The van der Waals surface area contributed by atoms with E-state index in [2.05, 4.69) is 5.32 Å². The smallest absolute Gasteiger partial charge is 0.228 e. The van der Waals surface area contributed by atoms with Crippen molar-refractivity contribution >= 4 is 17.5 Å². The van der Waals surface area contributed by atoms with Gasteiger partial charge in [0.15, 0.2) is 0 Å². The van der Waals surface area contributed by atoms with Crippen molar-refractivity contribution in [1.29, 1.82) is 0 Å². The van der Waals surface area contributed by atoms with Crippen molar-refractivity contribution in [2.45, 2.75) is 19.8 Å². The number of anilines is 1. The van der Waals surface area contributed by atoms with Crippen molar-refractivity contribution in [2.24, 2.45) is 11.8 Å². The summed E-state index contributed by atoms with van der Waals surface area (Å²) in [7, 11) is 3.46. The van der Waals surface area contributed by atoms with Crippen molar-refractivity contribution in [3.05, 3.63) is 42.0 Å². The number of aryl methyl sites for hydroxylation is 1. The van der Waals surface area contributed by atoms with Gasteiger partial charge in [-0.3, -0.25) is 9.59 Å². The highest BCUT2D eigenvalue weighted by Gasteiger charge is 2.34. The van der Waals surface area contributed by atoms with Gasteiger partial charge in [0.2, 0.25) is 11.8 Å². The maximum absolute atomic E-state index is 12.5. The van der Waals surface area contributed by atoms with E-state index in [0.717, 1.165) is 11.3 Å². The monoisotopic (exact) mass is 286 g/mol. The highest BCUT2D eigenvalue weighted by molar-refractivity contribution is 5.96. The molecule has 0 bridgehead atoms. The molecule has 0 fully saturated rings. The number of nitrogens with zero attached hydrogens (tertiary/aromatic N) is 1. The Kier molecular flexibility index (Phi) is 4.78. The molecule has 1 aliphatic rings. The van der Waals surface area contributed by atoms with E-state index in [-0.39, 0.29) is 23.7 Å². The second kappa shape index (κ2) is 6.57. The summed E-state index contributed by atoms with van der Waals surface area (Å²) in [6.07, 6.45) is 5.21. The molecule has 1 aromatic rings. The van der Waals surface area contributed by atoms with Crippen molar-refractivity contribution in [2.75, 3.05) is 19.4 Å². The third-order valence-electron chi connectivity index (χ3n) is 3.85. The molecule has 112 valence electrons. The number of carbonyl (C=O) groups is 2. The molecule has 2 atom stereocenters. The first-order valence-electron chi connectivity index (χ1n) is 7.22. The van der Waals surface area contributed by atoms with E-state index < -0.39 is 0 Å². The summed E-state index contributed by atoms with van der Waals surface area (Å²) in [5.41, 5.74) is 1.92. The van der Waals surface area contributed by atoms with E-state index in [0.29, 0.717) is 12.8 Å². The maximum atomic E-state index is 12.5. The predicted molar refractivity (Wildman–Crippen MR) is 83.9 cm³/mol. The van der Waals surface area contributed by atoms with Gasteiger partial charge in [0, 0.05) is 19.8 Å². The lowest BCUT2D eigenvalue weighted by Crippen LogP contribution is -2.40. The van der Waals surface area contributed by atoms with Gasteiger partial charge < -0.3 is 10.2 Å². The lowest BCUT2D eigenvalue weighted by Gasteiger charge is -2.28. The predicted octanol–water partition coefficient (Wildman–Crippen LogP) is 2.60. The number of rotatable bonds is 3. The standard InChI is InChI=1S/C17H22N2O2/c1-12-8-10-13(11-9-12)18-16(20)14-6-4-5-7-15(14)17(21)19(2)3/h4-5,8-11,14-15H,6-7H2,1-3H3,(H,18,20). The van der Waals surface area contributed by atoms with Gasteiger partial charge in [-0.25, -0.2) is 0 Å². The van der Waals surface area contributed by atoms with Crippen molar-refractivity contribution < 1.29 is 9.59 Å². The Morgan fingerprint density at radius 1 is 1.05 bits per heavy atom. The van der Waals surface area contributed by atoms with Gasteiger partial charge >= 0.3 is 0 Å². The van der Waals surface area contributed by atoms with Crippen LogP contribution in [0.2, 0.25) is 0 Å². The number of carbonyl (C=O) groups excluding carboxylic acids is 2. The highest BCUT2D eigenvalue weighted by atomic mass is 16.2. The molecule has 4 heteroatoms. The quantitative estimate of drug-likeness (QED) is 0.868. The summed E-state index contributed by atoms with van der Waals surface area (Å²) in [4.78, 5) is 26.3. The SMILES string of the molecule is Cc1ccc(NC(=O)C2CC=CCC2C(=O)N(C)C)cc1. The first-order chi connectivity index (χ1) is 9.99. The molecule has 0 spiro atoms. The molecule has 0 heterocycles. The Balaban J connectivity index is 2.10. The Morgan fingerprint density at radius 3 is 2.19 bits per heavy atom. The summed E-state index contributed by atoms with van der Waals surface area (Å²) in [5, 5.41) is 2.92. The molecular weight excluding hydrogens is 264 g/mol. The summed E-state index contributed by atoms with van der Waals surface area (Å²) >= 11 is 0. The zero-order valence-corrected chi connectivity index (χ0v) is 12.8. The molecule has 0 saturated heterocycles. The topological polar surface area (TPSA) is 49.4 Å². The van der Waals surface area contributed by atoms with E-state index >= 15 is 0 Å². The van der Waals surface area contributed by atoms with Crippen LogP contribution in [0, 0.1) is 18.8 Å². The molecule has 4 nitrogen and oxygen atoms in total. The minimum Gasteiger partial charge on any atom is -0.349 e. The summed E-state index contributed by atoms with van der Waals surface area (Å²) in [6.45, 7) is 2.00. The van der Waals surface area contributed by atoms with Crippen LogP contribution in [-0.2, 0) is 9.59 Å². The Morgan fingerprint density at radius 2 is 1.62 bits per heavy atom. The Labute approximate surface area is 125 Å². The fourth-order valence-corrected chi connectivity index (χ4v) is 2.58. The number of hydrogen-bond acceptors (Lipinski definition) is 2. The highest BCUT2D eigenvalue weighted by Crippen LogP contribution is 2.28. The van der Waals surface area contributed by atoms with Gasteiger partial charge in [0.25, 0.3) is 0 Å². The van der Waals surface area contributed by atoms with Crippen LogP contribution in [0.3, 0.4) is 0 Å². The second-order valence-corrected chi connectivity index (χ2v) is 5.74. The van der Waals surface area contributed by atoms with Gasteiger partial charge in [0.05, 0.1) is 11.8 Å². The number of nitrogens with one attached hydrogen (secondary N) is 1. The third-order valence-corrected chi connectivity index (χ3v) is 3.85. The molecule has 2 unspecified atom stereocenters. The largest absolute Gasteiger partial charge is 0.349 e. The lowest BCUT2D eigenvalue weighted by molar-refractivity contribution is -0.138. The van der Waals surface area contributed by atoms with Gasteiger partial charge in [-0.15, -0.1) is 0 Å². The summed E-state index contributed by atoms with van der Waals surface area (Å²) in [5.74, 6) is -0.631. The average Bonchev–Trinajstić information content (AvgIpc) is 2.48. The van der Waals surface area contributed by atoms with Crippen molar-refractivity contribution in [1.82, 2.24) is 4.90 Å². The molecule has 1 N–H and O–H groups in total. The fraction of sp³-hybridized carbons (Fsp3) is 0.412. The van der Waals surface area contributed by atoms with Crippen LogP contribution in [0.15, 0.2) is 36.4 Å². The van der Waals surface area contributed by atoms with Crippen LogP contribution < -0.4 is 5.32 Å². The van der Waals surface area contributed by atoms with E-state index in [1.165, 1.54) is 0 Å². The maximum Gasteiger partial charge on any atom is 0.228 e. The molecule has 2 rings (SSSR count). The third kappa shape index (κ3) is 3.72. The number of hydrogen-bond donors (Lipinski definition) is 1. The van der Waals surface area contributed by atoms with E-state index in [4.69, 9.17) is 0 Å². The molecule has 1 aromatic carbocycles. The van der Waals surface area contributed by atoms with Gasteiger partial charge in [-0.2, -0.15) is 0 Å². The van der Waals surface area contributed by atoms with Gasteiger partial charge in [0.1, 0.15) is 0 Å². The minimum atomic E-state index is -0.300. The first kappa shape index (κ1) is 15.3. The molecule has 0 saturated carbocycles. The summed E-state index contributed by atoms with van der Waals surface area (Å²) < 4.78 is 0. The minimum absolute atomic E-state index is 0.0170. The van der Waals surface area contributed by atoms with E-state index in [1.54, 1.807) is 19.0 Å². The number of amides is 2.